The van der Waals surface area contributed by atoms with Gasteiger partial charge in [-0.1, -0.05) is 5.92 Å². The number of aryl methyl sites for hydroxylation is 1. The van der Waals surface area contributed by atoms with Crippen LogP contribution in [0.25, 0.3) is 10.9 Å². The molecule has 3 rings (SSSR count). The fourth-order valence-corrected chi connectivity index (χ4v) is 2.93. The molecule has 0 aliphatic carbocycles. The Labute approximate surface area is 176 Å². The fourth-order valence-electron chi connectivity index (χ4n) is 2.93. The van der Waals surface area contributed by atoms with Gasteiger partial charge in [-0.2, -0.15) is 0 Å². The molecule has 2 aromatic carbocycles. The number of anilines is 2. The van der Waals surface area contributed by atoms with Crippen LogP contribution in [0.5, 0.6) is 11.5 Å². The predicted molar refractivity (Wildman–Crippen MR) is 117 cm³/mol. The molecule has 0 bridgehead atoms. The summed E-state index contributed by atoms with van der Waals surface area (Å²) in [5.74, 6) is 4.49. The van der Waals surface area contributed by atoms with Crippen molar-refractivity contribution in [3.8, 4) is 23.8 Å². The molecule has 1 N–H and O–H groups in total. The normalized spacial score (nSPS) is 10.6. The zero-order valence-electron chi connectivity index (χ0n) is 17.4. The van der Waals surface area contributed by atoms with Crippen molar-refractivity contribution in [1.82, 2.24) is 9.97 Å². The van der Waals surface area contributed by atoms with Crippen molar-refractivity contribution in [3.05, 3.63) is 47.8 Å². The number of hydrogen-bond acceptors (Lipinski definition) is 7. The van der Waals surface area contributed by atoms with Crippen molar-refractivity contribution in [1.29, 1.82) is 0 Å². The van der Waals surface area contributed by atoms with Gasteiger partial charge in [0.15, 0.2) is 11.5 Å². The second-order valence-corrected chi connectivity index (χ2v) is 6.58. The van der Waals surface area contributed by atoms with Crippen LogP contribution in [0.2, 0.25) is 0 Å². The highest BCUT2D eigenvalue weighted by molar-refractivity contribution is 5.93. The summed E-state index contributed by atoms with van der Waals surface area (Å²) in [6.07, 6.45) is 7.07. The van der Waals surface area contributed by atoms with Gasteiger partial charge in [0, 0.05) is 36.9 Å². The van der Waals surface area contributed by atoms with E-state index in [0.717, 1.165) is 27.7 Å². The molecule has 0 saturated carbocycles. The van der Waals surface area contributed by atoms with Crippen molar-refractivity contribution in [3.63, 3.8) is 0 Å². The van der Waals surface area contributed by atoms with Crippen molar-refractivity contribution in [2.45, 2.75) is 6.92 Å². The number of nitrogens with zero attached hydrogens (tertiary/aromatic N) is 2. The van der Waals surface area contributed by atoms with Crippen LogP contribution in [-0.2, 0) is 9.47 Å². The summed E-state index contributed by atoms with van der Waals surface area (Å²) >= 11 is 0. The van der Waals surface area contributed by atoms with Crippen LogP contribution in [0, 0.1) is 19.3 Å². The molecule has 0 saturated heterocycles. The van der Waals surface area contributed by atoms with Gasteiger partial charge in [0.1, 0.15) is 25.4 Å². The molecule has 0 unspecified atom stereocenters. The Kier molecular flexibility index (Phi) is 7.44. The lowest BCUT2D eigenvalue weighted by Crippen LogP contribution is -2.09. The van der Waals surface area contributed by atoms with Gasteiger partial charge in [0.2, 0.25) is 0 Å². The van der Waals surface area contributed by atoms with Crippen LogP contribution < -0.4 is 14.8 Å². The number of methoxy groups -OCH3 is 2. The van der Waals surface area contributed by atoms with Crippen LogP contribution in [0.4, 0.5) is 11.5 Å². The molecule has 0 atom stereocenters. The van der Waals surface area contributed by atoms with Crippen molar-refractivity contribution in [2.24, 2.45) is 0 Å². The van der Waals surface area contributed by atoms with E-state index in [1.807, 2.05) is 37.3 Å². The van der Waals surface area contributed by atoms with Gasteiger partial charge in [-0.05, 0) is 36.8 Å². The molecule has 0 spiro atoms. The predicted octanol–water partition coefficient (Wildman–Crippen LogP) is 3.71. The Morgan fingerprint density at radius 3 is 2.27 bits per heavy atom. The Hall–Kier alpha value is -3.34. The molecule has 30 heavy (non-hydrogen) atoms. The van der Waals surface area contributed by atoms with Crippen molar-refractivity contribution in [2.75, 3.05) is 46.0 Å². The number of rotatable bonds is 10. The summed E-state index contributed by atoms with van der Waals surface area (Å²) < 4.78 is 21.9. The Morgan fingerprint density at radius 1 is 0.900 bits per heavy atom. The number of nitrogens with one attached hydrogen (secondary N) is 1. The topological polar surface area (TPSA) is 74.7 Å². The third kappa shape index (κ3) is 5.38. The lowest BCUT2D eigenvalue weighted by atomic mass is 10.1. The Bertz CT molecular complexity index is 1050. The number of terminal acetylenes is 1. The largest absolute Gasteiger partial charge is 0.487 e. The number of aromatic nitrogens is 2. The third-order valence-corrected chi connectivity index (χ3v) is 4.30. The van der Waals surface area contributed by atoms with Gasteiger partial charge >= 0.3 is 0 Å². The molecular formula is C23H25N3O4. The maximum Gasteiger partial charge on any atom is 0.163 e. The molecule has 156 valence electrons. The molecule has 7 heteroatoms. The monoisotopic (exact) mass is 407 g/mol. The molecule has 1 aromatic heterocycles. The lowest BCUT2D eigenvalue weighted by molar-refractivity contribution is 0.132. The molecule has 0 amide bonds. The summed E-state index contributed by atoms with van der Waals surface area (Å²) in [5, 5.41) is 4.14. The van der Waals surface area contributed by atoms with Gasteiger partial charge in [0.25, 0.3) is 0 Å². The summed E-state index contributed by atoms with van der Waals surface area (Å²) in [6, 6.07) is 9.57. The third-order valence-electron chi connectivity index (χ3n) is 4.30. The molecule has 3 aromatic rings. The van der Waals surface area contributed by atoms with Gasteiger partial charge < -0.3 is 24.3 Å². The van der Waals surface area contributed by atoms with Crippen molar-refractivity contribution < 1.29 is 18.9 Å². The second kappa shape index (κ2) is 10.4. The number of ether oxygens (including phenoxy) is 4. The first-order valence-electron chi connectivity index (χ1n) is 9.52. The molecule has 0 fully saturated rings. The van der Waals surface area contributed by atoms with E-state index in [-0.39, 0.29) is 0 Å². The highest BCUT2D eigenvalue weighted by Crippen LogP contribution is 2.35. The first-order valence-corrected chi connectivity index (χ1v) is 9.52. The smallest absolute Gasteiger partial charge is 0.163 e. The molecule has 0 radical (unpaired) electrons. The summed E-state index contributed by atoms with van der Waals surface area (Å²) in [7, 11) is 3.25. The van der Waals surface area contributed by atoms with Crippen LogP contribution in [0.1, 0.15) is 11.1 Å². The SMILES string of the molecule is C#Cc1cc(C)cc(Nc2ncnc3cc(OCCOC)c(OCCOC)cc23)c1. The quantitative estimate of drug-likeness (QED) is 0.406. The molecular weight excluding hydrogens is 382 g/mol. The van der Waals surface area contributed by atoms with E-state index in [4.69, 9.17) is 25.4 Å². The first-order chi connectivity index (χ1) is 14.6. The number of benzene rings is 2. The van der Waals surface area contributed by atoms with Crippen molar-refractivity contribution >= 4 is 22.4 Å². The minimum atomic E-state index is 0.391. The first kappa shape index (κ1) is 21.4. The van der Waals surface area contributed by atoms with Gasteiger partial charge in [-0.25, -0.2) is 9.97 Å². The van der Waals surface area contributed by atoms with Crippen LogP contribution in [0.3, 0.4) is 0 Å². The highest BCUT2D eigenvalue weighted by Gasteiger charge is 2.13. The molecule has 0 aliphatic heterocycles. The second-order valence-electron chi connectivity index (χ2n) is 6.58. The van der Waals surface area contributed by atoms with Crippen LogP contribution in [0.15, 0.2) is 36.7 Å². The van der Waals surface area contributed by atoms with E-state index in [0.29, 0.717) is 43.7 Å². The number of fused-ring (bicyclic) bond motifs is 1. The minimum Gasteiger partial charge on any atom is -0.487 e. The zero-order chi connectivity index (χ0) is 21.3. The maximum absolute atomic E-state index is 5.88. The van der Waals surface area contributed by atoms with E-state index >= 15 is 0 Å². The van der Waals surface area contributed by atoms with Gasteiger partial charge in [-0.3, -0.25) is 0 Å². The van der Waals surface area contributed by atoms with Gasteiger partial charge in [-0.15, -0.1) is 6.42 Å². The summed E-state index contributed by atoms with van der Waals surface area (Å²) in [4.78, 5) is 8.80. The number of hydrogen-bond donors (Lipinski definition) is 1. The van der Waals surface area contributed by atoms with E-state index in [1.165, 1.54) is 6.33 Å². The summed E-state index contributed by atoms with van der Waals surface area (Å²) in [5.41, 5.74) is 3.44. The minimum absolute atomic E-state index is 0.391. The Balaban J connectivity index is 1.98. The standard InChI is InChI=1S/C23H25N3O4/c1-5-17-10-16(2)11-18(12-17)26-23-19-13-21(29-8-6-27-3)22(30-9-7-28-4)14-20(19)24-15-25-23/h1,10-15H,6-9H2,2-4H3,(H,24,25,26). The molecule has 7 nitrogen and oxygen atoms in total. The average Bonchev–Trinajstić information content (AvgIpc) is 2.74. The average molecular weight is 407 g/mol. The maximum atomic E-state index is 5.88. The van der Waals surface area contributed by atoms with Gasteiger partial charge in [0.05, 0.1) is 18.7 Å². The Morgan fingerprint density at radius 2 is 1.60 bits per heavy atom. The van der Waals surface area contributed by atoms with Crippen LogP contribution >= 0.6 is 0 Å². The van der Waals surface area contributed by atoms with Crippen LogP contribution in [-0.4, -0.2) is 50.6 Å². The zero-order valence-corrected chi connectivity index (χ0v) is 17.4. The fraction of sp³-hybridized carbons (Fsp3) is 0.304. The van der Waals surface area contributed by atoms with E-state index in [9.17, 15) is 0 Å². The van der Waals surface area contributed by atoms with E-state index < -0.39 is 0 Å². The molecule has 1 heterocycles. The summed E-state index contributed by atoms with van der Waals surface area (Å²) in [6.45, 7) is 3.72. The van der Waals surface area contributed by atoms with E-state index in [1.54, 1.807) is 14.2 Å². The lowest BCUT2D eigenvalue weighted by Gasteiger charge is -2.15. The van der Waals surface area contributed by atoms with E-state index in [2.05, 4.69) is 21.2 Å². The molecule has 0 aliphatic rings. The highest BCUT2D eigenvalue weighted by atomic mass is 16.5.